The van der Waals surface area contributed by atoms with Crippen molar-refractivity contribution in [2.45, 2.75) is 24.3 Å². The molecule has 0 radical (unpaired) electrons. The smallest absolute Gasteiger partial charge is 0.229 e. The molecule has 1 aromatic rings. The first kappa shape index (κ1) is 17.0. The van der Waals surface area contributed by atoms with Crippen molar-refractivity contribution in [2.24, 2.45) is 0 Å². The van der Waals surface area contributed by atoms with Crippen LogP contribution >= 0.6 is 23.2 Å². The summed E-state index contributed by atoms with van der Waals surface area (Å²) in [5.41, 5.74) is 0. The Bertz CT molecular complexity index is 747. The van der Waals surface area contributed by atoms with Gasteiger partial charge in [0.15, 0.2) is 9.84 Å². The van der Waals surface area contributed by atoms with E-state index >= 15 is 0 Å². The van der Waals surface area contributed by atoms with E-state index in [0.717, 1.165) is 0 Å². The molecule has 1 aliphatic rings. The molecule has 0 unspecified atom stereocenters. The average Bonchev–Trinajstić information content (AvgIpc) is 2.73. The fourth-order valence-electron chi connectivity index (χ4n) is 2.43. The Hall–Kier alpha value is -0.340. The molecule has 1 aliphatic heterocycles. The van der Waals surface area contributed by atoms with E-state index in [9.17, 15) is 16.8 Å². The molecule has 0 saturated carbocycles. The van der Waals surface area contributed by atoms with Gasteiger partial charge < -0.3 is 0 Å². The van der Waals surface area contributed by atoms with E-state index in [2.05, 4.69) is 0 Å². The van der Waals surface area contributed by atoms with Crippen LogP contribution in [0.25, 0.3) is 0 Å². The minimum atomic E-state index is -3.89. The maximum Gasteiger partial charge on any atom is 0.244 e. The Morgan fingerprint density at radius 3 is 2.52 bits per heavy atom. The van der Waals surface area contributed by atoms with Crippen molar-refractivity contribution in [3.63, 3.8) is 0 Å². The largest absolute Gasteiger partial charge is 0.244 e. The summed E-state index contributed by atoms with van der Waals surface area (Å²) in [4.78, 5) is -0.0946. The van der Waals surface area contributed by atoms with E-state index in [1.54, 1.807) is 6.92 Å². The number of nitrogens with zero attached hydrogens (tertiary/aromatic N) is 1. The molecule has 1 heterocycles. The second kappa shape index (κ2) is 6.04. The summed E-state index contributed by atoms with van der Waals surface area (Å²) >= 11 is 11.8. The number of sulfonamides is 1. The van der Waals surface area contributed by atoms with Crippen LogP contribution in [0.15, 0.2) is 23.1 Å². The molecule has 118 valence electrons. The Morgan fingerprint density at radius 1 is 1.33 bits per heavy atom. The zero-order valence-electron chi connectivity index (χ0n) is 11.3. The van der Waals surface area contributed by atoms with E-state index in [-0.39, 0.29) is 33.0 Å². The summed E-state index contributed by atoms with van der Waals surface area (Å²) in [5.74, 6) is -0.148. The van der Waals surface area contributed by atoms with Crippen LogP contribution in [0, 0.1) is 0 Å². The van der Waals surface area contributed by atoms with Crippen molar-refractivity contribution >= 4 is 43.1 Å². The Labute approximate surface area is 134 Å². The molecule has 2 rings (SSSR count). The molecule has 1 atom stereocenters. The van der Waals surface area contributed by atoms with Crippen molar-refractivity contribution < 1.29 is 16.8 Å². The second-order valence-corrected chi connectivity index (χ2v) is 9.77. The standard InChI is InChI=1S/C12H15Cl2NO4S2/c1-2-15(10-5-6-20(16,17)8-10)21(18,19)12-7-9(13)3-4-11(12)14/h3-4,7,10H,2,5-6,8H2,1H3/t10-/m0/s1. The van der Waals surface area contributed by atoms with E-state index in [0.29, 0.717) is 6.42 Å². The summed E-state index contributed by atoms with van der Waals surface area (Å²) in [6.07, 6.45) is 0.299. The van der Waals surface area contributed by atoms with Crippen molar-refractivity contribution in [1.29, 1.82) is 0 Å². The molecule has 0 aromatic heterocycles. The van der Waals surface area contributed by atoms with Crippen LogP contribution in [0.2, 0.25) is 10.0 Å². The van der Waals surface area contributed by atoms with Crippen molar-refractivity contribution in [3.05, 3.63) is 28.2 Å². The monoisotopic (exact) mass is 371 g/mol. The first-order valence-corrected chi connectivity index (χ1v) is 10.4. The second-order valence-electron chi connectivity index (χ2n) is 4.84. The number of halogens is 2. The third-order valence-corrected chi connectivity index (χ3v) is 7.90. The maximum absolute atomic E-state index is 12.7. The molecular weight excluding hydrogens is 357 g/mol. The molecule has 0 amide bonds. The summed E-state index contributed by atoms with van der Waals surface area (Å²) in [7, 11) is -7.06. The summed E-state index contributed by atoms with van der Waals surface area (Å²) in [5, 5.41) is 0.326. The predicted octanol–water partition coefficient (Wildman–Crippen LogP) is 2.19. The highest BCUT2D eigenvalue weighted by molar-refractivity contribution is 7.92. The maximum atomic E-state index is 12.7. The summed E-state index contributed by atoms with van der Waals surface area (Å²) in [6.45, 7) is 1.84. The van der Waals surface area contributed by atoms with Gasteiger partial charge in [-0.05, 0) is 24.6 Å². The number of hydrogen-bond donors (Lipinski definition) is 0. The average molecular weight is 372 g/mol. The van der Waals surface area contributed by atoms with E-state index in [1.807, 2.05) is 0 Å². The van der Waals surface area contributed by atoms with Gasteiger partial charge in [0.25, 0.3) is 0 Å². The van der Waals surface area contributed by atoms with Crippen molar-refractivity contribution in [3.8, 4) is 0 Å². The minimum Gasteiger partial charge on any atom is -0.229 e. The Kier molecular flexibility index (Phi) is 4.90. The predicted molar refractivity (Wildman–Crippen MR) is 83.1 cm³/mol. The van der Waals surface area contributed by atoms with Crippen molar-refractivity contribution in [2.75, 3.05) is 18.1 Å². The van der Waals surface area contributed by atoms with Gasteiger partial charge in [-0.15, -0.1) is 0 Å². The number of hydrogen-bond acceptors (Lipinski definition) is 4. The van der Waals surface area contributed by atoms with E-state index in [1.165, 1.54) is 22.5 Å². The minimum absolute atomic E-state index is 0.00691. The van der Waals surface area contributed by atoms with Crippen LogP contribution in [0.5, 0.6) is 0 Å². The molecule has 0 N–H and O–H groups in total. The van der Waals surface area contributed by atoms with Gasteiger partial charge in [0.05, 0.1) is 16.5 Å². The van der Waals surface area contributed by atoms with Gasteiger partial charge in [-0.1, -0.05) is 30.1 Å². The first-order valence-electron chi connectivity index (χ1n) is 6.34. The van der Waals surface area contributed by atoms with Gasteiger partial charge in [-0.3, -0.25) is 0 Å². The van der Waals surface area contributed by atoms with Gasteiger partial charge in [-0.25, -0.2) is 16.8 Å². The normalized spacial score (nSPS) is 21.8. The van der Waals surface area contributed by atoms with Crippen LogP contribution in [0.1, 0.15) is 13.3 Å². The van der Waals surface area contributed by atoms with Crippen molar-refractivity contribution in [1.82, 2.24) is 4.31 Å². The number of sulfone groups is 1. The van der Waals surface area contributed by atoms with Gasteiger partial charge in [0, 0.05) is 17.6 Å². The van der Waals surface area contributed by atoms with Crippen LogP contribution in [-0.2, 0) is 19.9 Å². The highest BCUT2D eigenvalue weighted by Gasteiger charge is 2.38. The number of rotatable bonds is 4. The van der Waals surface area contributed by atoms with Crippen LogP contribution in [-0.4, -0.2) is 45.2 Å². The summed E-state index contributed by atoms with van der Waals surface area (Å²) < 4.78 is 49.8. The van der Waals surface area contributed by atoms with Crippen LogP contribution < -0.4 is 0 Å². The van der Waals surface area contributed by atoms with Gasteiger partial charge in [0.2, 0.25) is 10.0 Å². The third kappa shape index (κ3) is 3.53. The molecule has 9 heteroatoms. The molecule has 0 aliphatic carbocycles. The molecule has 0 bridgehead atoms. The number of benzene rings is 1. The zero-order valence-corrected chi connectivity index (χ0v) is 14.4. The first-order chi connectivity index (χ1) is 9.67. The lowest BCUT2D eigenvalue weighted by Gasteiger charge is -2.26. The van der Waals surface area contributed by atoms with Crippen LogP contribution in [0.4, 0.5) is 0 Å². The highest BCUT2D eigenvalue weighted by Crippen LogP contribution is 2.30. The Balaban J connectivity index is 2.43. The quantitative estimate of drug-likeness (QED) is 0.812. The molecule has 1 aromatic carbocycles. The fraction of sp³-hybridized carbons (Fsp3) is 0.500. The molecular formula is C12H15Cl2NO4S2. The molecule has 1 fully saturated rings. The van der Waals surface area contributed by atoms with Gasteiger partial charge in [-0.2, -0.15) is 4.31 Å². The SMILES string of the molecule is CCN([C@H]1CCS(=O)(=O)C1)S(=O)(=O)c1cc(Cl)ccc1Cl. The molecule has 0 spiro atoms. The third-order valence-electron chi connectivity index (χ3n) is 3.41. The Morgan fingerprint density at radius 2 is 2.00 bits per heavy atom. The lowest BCUT2D eigenvalue weighted by atomic mass is 10.3. The van der Waals surface area contributed by atoms with Gasteiger partial charge in [0.1, 0.15) is 4.90 Å². The molecule has 21 heavy (non-hydrogen) atoms. The fourth-order valence-corrected chi connectivity index (χ4v) is 6.66. The zero-order chi connectivity index (χ0) is 15.8. The molecule has 5 nitrogen and oxygen atoms in total. The van der Waals surface area contributed by atoms with E-state index < -0.39 is 25.9 Å². The summed E-state index contributed by atoms with van der Waals surface area (Å²) in [6, 6.07) is 3.64. The highest BCUT2D eigenvalue weighted by atomic mass is 35.5. The van der Waals surface area contributed by atoms with Gasteiger partial charge >= 0.3 is 0 Å². The molecule has 1 saturated heterocycles. The van der Waals surface area contributed by atoms with Crippen LogP contribution in [0.3, 0.4) is 0 Å². The lowest BCUT2D eigenvalue weighted by molar-refractivity contribution is 0.354. The van der Waals surface area contributed by atoms with E-state index in [4.69, 9.17) is 23.2 Å². The topological polar surface area (TPSA) is 71.5 Å². The lowest BCUT2D eigenvalue weighted by Crippen LogP contribution is -2.41.